The first-order valence-electron chi connectivity index (χ1n) is 10.8. The second kappa shape index (κ2) is 8.90. The molecule has 174 valence electrons. The maximum atomic E-state index is 11.1. The summed E-state index contributed by atoms with van der Waals surface area (Å²) in [5, 5.41) is 16.6. The summed E-state index contributed by atoms with van der Waals surface area (Å²) in [5.41, 5.74) is 4.79. The molecule has 0 unspecified atom stereocenters. The van der Waals surface area contributed by atoms with Gasteiger partial charge in [-0.15, -0.1) is 0 Å². The fourth-order valence-corrected chi connectivity index (χ4v) is 4.54. The van der Waals surface area contributed by atoms with Gasteiger partial charge in [0.2, 0.25) is 0 Å². The number of aliphatic carboxylic acids is 1. The Morgan fingerprint density at radius 2 is 1.91 bits per heavy atom. The van der Waals surface area contributed by atoms with Crippen molar-refractivity contribution in [1.29, 1.82) is 0 Å². The van der Waals surface area contributed by atoms with E-state index in [-0.39, 0.29) is 0 Å². The van der Waals surface area contributed by atoms with Crippen molar-refractivity contribution in [3.63, 3.8) is 0 Å². The summed E-state index contributed by atoms with van der Waals surface area (Å²) in [6.07, 6.45) is 0. The Balaban J connectivity index is 1.48. The van der Waals surface area contributed by atoms with E-state index in [1.807, 2.05) is 66.3 Å². The number of hydrogen-bond donors (Lipinski definition) is 3. The van der Waals surface area contributed by atoms with Crippen molar-refractivity contribution in [3.05, 3.63) is 64.4 Å². The van der Waals surface area contributed by atoms with Gasteiger partial charge in [0.15, 0.2) is 11.5 Å². The number of ether oxygens (including phenoxy) is 2. The van der Waals surface area contributed by atoms with Crippen molar-refractivity contribution in [2.75, 3.05) is 18.5 Å². The number of nitrogens with one attached hydrogen (secondary N) is 2. The van der Waals surface area contributed by atoms with Crippen LogP contribution in [0.25, 0.3) is 22.4 Å². The normalized spacial score (nSPS) is 14.3. The second-order valence-electron chi connectivity index (χ2n) is 8.04. The minimum atomic E-state index is -0.955. The van der Waals surface area contributed by atoms with Crippen LogP contribution in [0.5, 0.6) is 11.5 Å². The molecule has 9 heteroatoms. The number of rotatable bonds is 5. The van der Waals surface area contributed by atoms with E-state index in [0.29, 0.717) is 18.6 Å². The van der Waals surface area contributed by atoms with Crippen molar-refractivity contribution in [3.8, 4) is 33.9 Å². The fraction of sp³-hybridized carbons (Fsp3) is 0.200. The third kappa shape index (κ3) is 4.14. The number of hydrogen-bond acceptors (Lipinski definition) is 5. The molecule has 0 aromatic heterocycles. The number of carboxylic acid groups (broad SMARTS) is 1. The first-order valence-corrected chi connectivity index (χ1v) is 11.6. The van der Waals surface area contributed by atoms with E-state index in [1.54, 1.807) is 6.92 Å². The van der Waals surface area contributed by atoms with Gasteiger partial charge in [0.25, 0.3) is 0 Å². The first kappa shape index (κ1) is 22.1. The number of anilines is 2. The largest absolute Gasteiger partial charge is 0.486 e. The SMILES string of the molecule is C[C@H](N=c1ccc2c(Nc3cccc(-c4ccc5c(c4)OCCO5)c3Br)[nH]n(C)c-2c1)C(=O)O. The van der Waals surface area contributed by atoms with Crippen LogP contribution in [-0.4, -0.2) is 40.1 Å². The quantitative estimate of drug-likeness (QED) is 0.350. The number of halogens is 1. The van der Waals surface area contributed by atoms with Crippen molar-refractivity contribution in [1.82, 2.24) is 9.78 Å². The van der Waals surface area contributed by atoms with Crippen LogP contribution in [0.3, 0.4) is 0 Å². The molecular weight excluding hydrogens is 500 g/mol. The number of fused-ring (bicyclic) bond motifs is 2. The van der Waals surface area contributed by atoms with Crippen LogP contribution in [0, 0.1) is 0 Å². The topological polar surface area (TPSA) is 101 Å². The molecule has 0 bridgehead atoms. The number of carboxylic acids is 1. The van der Waals surface area contributed by atoms with Crippen LogP contribution in [0.15, 0.2) is 64.1 Å². The predicted molar refractivity (Wildman–Crippen MR) is 133 cm³/mol. The second-order valence-corrected chi connectivity index (χ2v) is 8.83. The number of aryl methyl sites for hydroxylation is 1. The lowest BCUT2D eigenvalue weighted by atomic mass is 10.0. The fourth-order valence-electron chi connectivity index (χ4n) is 3.95. The lowest BCUT2D eigenvalue weighted by molar-refractivity contribution is -0.138. The van der Waals surface area contributed by atoms with Gasteiger partial charge in [0.1, 0.15) is 25.1 Å². The lowest BCUT2D eigenvalue weighted by Gasteiger charge is -2.19. The van der Waals surface area contributed by atoms with E-state index in [4.69, 9.17) is 14.6 Å². The monoisotopic (exact) mass is 522 g/mol. The Labute approximate surface area is 204 Å². The highest BCUT2D eigenvalue weighted by Gasteiger charge is 2.18. The molecule has 0 saturated heterocycles. The van der Waals surface area contributed by atoms with E-state index in [9.17, 15) is 4.79 Å². The molecule has 0 spiro atoms. The highest BCUT2D eigenvalue weighted by Crippen LogP contribution is 2.40. The molecular formula is C25H23BrN4O4. The maximum absolute atomic E-state index is 11.1. The molecule has 34 heavy (non-hydrogen) atoms. The van der Waals surface area contributed by atoms with Crippen molar-refractivity contribution in [2.24, 2.45) is 12.0 Å². The number of aromatic amines is 1. The molecule has 1 aliphatic carbocycles. The number of aromatic nitrogens is 2. The molecule has 3 N–H and O–H groups in total. The standard InChI is InChI=1S/C25H23BrN4O4/c1-14(25(31)32)27-16-7-8-18-20(13-16)30(2)29-24(18)28-19-5-3-4-17(23(19)26)15-6-9-21-22(12-15)34-11-10-33-21/h3-9,12-14,28-29H,10-11H2,1-2H3,(H,31,32)/t14-/m0/s1. The minimum absolute atomic E-state index is 0.542. The van der Waals surface area contributed by atoms with Gasteiger partial charge < -0.3 is 19.9 Å². The molecule has 1 atom stereocenters. The molecule has 0 saturated carbocycles. The maximum Gasteiger partial charge on any atom is 0.328 e. The van der Waals surface area contributed by atoms with Crippen LogP contribution in [0.1, 0.15) is 6.92 Å². The third-order valence-electron chi connectivity index (χ3n) is 5.70. The lowest BCUT2D eigenvalue weighted by Crippen LogP contribution is -2.17. The van der Waals surface area contributed by atoms with E-state index in [1.165, 1.54) is 0 Å². The summed E-state index contributed by atoms with van der Waals surface area (Å²) in [5.74, 6) is 1.36. The van der Waals surface area contributed by atoms with Crippen molar-refractivity contribution in [2.45, 2.75) is 13.0 Å². The van der Waals surface area contributed by atoms with Gasteiger partial charge in [0.05, 0.1) is 16.7 Å². The summed E-state index contributed by atoms with van der Waals surface area (Å²) in [4.78, 5) is 15.4. The zero-order valence-corrected chi connectivity index (χ0v) is 20.2. The highest BCUT2D eigenvalue weighted by molar-refractivity contribution is 9.10. The molecule has 2 aromatic carbocycles. The minimum Gasteiger partial charge on any atom is -0.486 e. The van der Waals surface area contributed by atoms with Gasteiger partial charge in [-0.1, -0.05) is 18.2 Å². The number of benzene rings is 3. The van der Waals surface area contributed by atoms with Crippen molar-refractivity contribution >= 4 is 33.4 Å². The van der Waals surface area contributed by atoms with Crippen LogP contribution in [0.4, 0.5) is 11.5 Å². The Hall–Kier alpha value is -3.72. The third-order valence-corrected chi connectivity index (χ3v) is 6.56. The van der Waals surface area contributed by atoms with Crippen LogP contribution >= 0.6 is 15.9 Å². The molecule has 0 fully saturated rings. The average molecular weight is 523 g/mol. The molecule has 8 nitrogen and oxygen atoms in total. The summed E-state index contributed by atoms with van der Waals surface area (Å²) in [6, 6.07) is 16.8. The number of nitrogens with zero attached hydrogens (tertiary/aromatic N) is 2. The van der Waals surface area contributed by atoms with E-state index in [0.717, 1.165) is 49.9 Å². The summed E-state index contributed by atoms with van der Waals surface area (Å²) >= 11 is 3.77. The van der Waals surface area contributed by atoms with E-state index in [2.05, 4.69) is 31.3 Å². The Morgan fingerprint density at radius 1 is 1.12 bits per heavy atom. The molecule has 2 heterocycles. The Morgan fingerprint density at radius 3 is 2.71 bits per heavy atom. The predicted octanol–water partition coefficient (Wildman–Crippen LogP) is 4.78. The van der Waals surface area contributed by atoms with Gasteiger partial charge in [-0.25, -0.2) is 4.79 Å². The summed E-state index contributed by atoms with van der Waals surface area (Å²) in [7, 11) is 1.90. The van der Waals surface area contributed by atoms with E-state index < -0.39 is 12.0 Å². The highest BCUT2D eigenvalue weighted by atomic mass is 79.9. The summed E-state index contributed by atoms with van der Waals surface area (Å²) < 4.78 is 14.2. The van der Waals surface area contributed by atoms with Crippen LogP contribution < -0.4 is 20.1 Å². The molecule has 0 amide bonds. The molecule has 3 aliphatic rings. The van der Waals surface area contributed by atoms with Crippen LogP contribution in [0.2, 0.25) is 0 Å². The zero-order chi connectivity index (χ0) is 23.8. The van der Waals surface area contributed by atoms with Gasteiger partial charge >= 0.3 is 5.97 Å². The zero-order valence-electron chi connectivity index (χ0n) is 18.6. The van der Waals surface area contributed by atoms with Crippen molar-refractivity contribution < 1.29 is 19.4 Å². The Kier molecular flexibility index (Phi) is 5.79. The van der Waals surface area contributed by atoms with Gasteiger partial charge in [-0.2, -0.15) is 0 Å². The van der Waals surface area contributed by atoms with Gasteiger partial charge in [0, 0.05) is 17.1 Å². The van der Waals surface area contributed by atoms with Crippen LogP contribution in [-0.2, 0) is 11.8 Å². The van der Waals surface area contributed by atoms with Gasteiger partial charge in [-0.05, 0) is 70.4 Å². The van der Waals surface area contributed by atoms with E-state index >= 15 is 0 Å². The molecule has 2 aliphatic heterocycles. The average Bonchev–Trinajstić information content (AvgIpc) is 3.14. The molecule has 5 rings (SSSR count). The molecule has 0 radical (unpaired) electrons. The first-order chi connectivity index (χ1) is 16.4. The molecule has 2 aromatic rings. The Bertz CT molecular complexity index is 1420. The summed E-state index contributed by atoms with van der Waals surface area (Å²) in [6.45, 7) is 2.66. The smallest absolute Gasteiger partial charge is 0.328 e. The number of carbonyl (C=O) groups is 1. The number of H-pyrrole nitrogens is 1. The van der Waals surface area contributed by atoms with Gasteiger partial charge in [-0.3, -0.25) is 14.8 Å².